The van der Waals surface area contributed by atoms with Gasteiger partial charge in [0, 0.05) is 45.7 Å². The summed E-state index contributed by atoms with van der Waals surface area (Å²) in [6.07, 6.45) is 3.75. The Labute approximate surface area is 132 Å². The van der Waals surface area contributed by atoms with E-state index in [1.54, 1.807) is 0 Å². The molecule has 0 saturated carbocycles. The summed E-state index contributed by atoms with van der Waals surface area (Å²) in [6, 6.07) is 0.365. The molecule has 22 heavy (non-hydrogen) atoms. The number of hydrogen-bond donors (Lipinski definition) is 0. The molecule has 0 spiro atoms. The highest BCUT2D eigenvalue weighted by atomic mass is 16.5. The number of likely N-dealkylation sites (tertiary alicyclic amines) is 2. The monoisotopic (exact) mass is 309 g/mol. The summed E-state index contributed by atoms with van der Waals surface area (Å²) in [4.78, 5) is 30.5. The lowest BCUT2D eigenvalue weighted by Gasteiger charge is -2.41. The Hall–Kier alpha value is -1.14. The van der Waals surface area contributed by atoms with Crippen molar-refractivity contribution in [2.75, 3.05) is 53.0 Å². The fourth-order valence-electron chi connectivity index (χ4n) is 4.01. The molecule has 6 heteroatoms. The molecule has 3 saturated heterocycles. The molecule has 0 N–H and O–H groups in total. The van der Waals surface area contributed by atoms with Gasteiger partial charge < -0.3 is 14.5 Å². The van der Waals surface area contributed by atoms with Gasteiger partial charge in [-0.15, -0.1) is 0 Å². The Morgan fingerprint density at radius 2 is 2.00 bits per heavy atom. The van der Waals surface area contributed by atoms with E-state index in [1.165, 1.54) is 0 Å². The van der Waals surface area contributed by atoms with Crippen molar-refractivity contribution in [3.63, 3.8) is 0 Å². The molecular weight excluding hydrogens is 282 g/mol. The third-order valence-corrected chi connectivity index (χ3v) is 5.36. The van der Waals surface area contributed by atoms with Gasteiger partial charge in [-0.05, 0) is 25.2 Å². The largest absolute Gasteiger partial charge is 0.378 e. The maximum Gasteiger partial charge on any atom is 0.236 e. The highest BCUT2D eigenvalue weighted by Gasteiger charge is 2.36. The zero-order chi connectivity index (χ0) is 15.5. The molecule has 0 aromatic rings. The van der Waals surface area contributed by atoms with Gasteiger partial charge >= 0.3 is 0 Å². The molecule has 2 amide bonds. The second-order valence-electron chi connectivity index (χ2n) is 6.74. The number of carbonyl (C=O) groups excluding carboxylic acids is 2. The molecule has 3 rings (SSSR count). The molecule has 0 aromatic heterocycles. The van der Waals surface area contributed by atoms with Crippen LogP contribution < -0.4 is 0 Å². The molecule has 6 nitrogen and oxygen atoms in total. The summed E-state index contributed by atoms with van der Waals surface area (Å²) in [5.74, 6) is 1.02. The lowest BCUT2D eigenvalue weighted by atomic mass is 9.88. The van der Waals surface area contributed by atoms with Crippen molar-refractivity contribution in [1.29, 1.82) is 0 Å². The molecule has 3 fully saturated rings. The van der Waals surface area contributed by atoms with Gasteiger partial charge in [0.2, 0.25) is 11.8 Å². The Balaban J connectivity index is 1.54. The Morgan fingerprint density at radius 3 is 2.77 bits per heavy atom. The van der Waals surface area contributed by atoms with Gasteiger partial charge in [0.25, 0.3) is 0 Å². The van der Waals surface area contributed by atoms with Crippen LogP contribution in [0.2, 0.25) is 0 Å². The summed E-state index contributed by atoms with van der Waals surface area (Å²) in [7, 11) is 1.94. The molecule has 0 aliphatic carbocycles. The molecule has 0 aromatic carbocycles. The predicted molar refractivity (Wildman–Crippen MR) is 82.4 cm³/mol. The average molecular weight is 309 g/mol. The molecule has 0 radical (unpaired) electrons. The van der Waals surface area contributed by atoms with Crippen LogP contribution in [0, 0.1) is 5.92 Å². The first-order valence-corrected chi connectivity index (χ1v) is 8.48. The predicted octanol–water partition coefficient (Wildman–Crippen LogP) is 0.178. The van der Waals surface area contributed by atoms with Crippen LogP contribution in [0.3, 0.4) is 0 Å². The van der Waals surface area contributed by atoms with Gasteiger partial charge in [-0.2, -0.15) is 0 Å². The third-order valence-electron chi connectivity index (χ3n) is 5.36. The summed E-state index contributed by atoms with van der Waals surface area (Å²) in [6.45, 7) is 5.12. The first kappa shape index (κ1) is 15.7. The van der Waals surface area contributed by atoms with Crippen molar-refractivity contribution >= 4 is 11.8 Å². The van der Waals surface area contributed by atoms with E-state index in [0.717, 1.165) is 45.4 Å². The number of amides is 2. The highest BCUT2D eigenvalue weighted by molar-refractivity contribution is 5.78. The summed E-state index contributed by atoms with van der Waals surface area (Å²) >= 11 is 0. The minimum Gasteiger partial charge on any atom is -0.378 e. The zero-order valence-electron chi connectivity index (χ0n) is 13.5. The normalized spacial score (nSPS) is 30.9. The molecule has 3 aliphatic heterocycles. The molecule has 0 unspecified atom stereocenters. The van der Waals surface area contributed by atoms with Crippen molar-refractivity contribution in [2.24, 2.45) is 5.92 Å². The standard InChI is InChI=1S/C16H27N3O3/c1-17-14-5-6-18(11-13(14)3-2-4-15(17)20)12-16(21)19-7-9-22-10-8-19/h13-14H,2-12H2,1H3/t13-,14-/m1/s1. The lowest BCUT2D eigenvalue weighted by Crippen LogP contribution is -2.53. The Morgan fingerprint density at radius 1 is 1.23 bits per heavy atom. The number of ether oxygens (including phenoxy) is 1. The second kappa shape index (κ2) is 6.96. The van der Waals surface area contributed by atoms with E-state index in [1.807, 2.05) is 16.8 Å². The fourth-order valence-corrected chi connectivity index (χ4v) is 4.01. The molecule has 3 aliphatic rings. The van der Waals surface area contributed by atoms with Gasteiger partial charge in [-0.1, -0.05) is 0 Å². The van der Waals surface area contributed by atoms with E-state index < -0.39 is 0 Å². The van der Waals surface area contributed by atoms with Crippen molar-refractivity contribution in [3.05, 3.63) is 0 Å². The van der Waals surface area contributed by atoms with Gasteiger partial charge in [-0.3, -0.25) is 14.5 Å². The average Bonchev–Trinajstić information content (AvgIpc) is 2.68. The van der Waals surface area contributed by atoms with Gasteiger partial charge in [0.05, 0.1) is 19.8 Å². The van der Waals surface area contributed by atoms with Crippen LogP contribution in [0.5, 0.6) is 0 Å². The maximum atomic E-state index is 12.4. The quantitative estimate of drug-likeness (QED) is 0.730. The summed E-state index contributed by atoms with van der Waals surface area (Å²) in [5, 5.41) is 0. The van der Waals surface area contributed by atoms with E-state index in [9.17, 15) is 9.59 Å². The van der Waals surface area contributed by atoms with Crippen LogP contribution in [0.15, 0.2) is 0 Å². The number of morpholine rings is 1. The first-order valence-electron chi connectivity index (χ1n) is 8.48. The topological polar surface area (TPSA) is 53.1 Å². The van der Waals surface area contributed by atoms with Crippen LogP contribution in [0.4, 0.5) is 0 Å². The van der Waals surface area contributed by atoms with E-state index >= 15 is 0 Å². The van der Waals surface area contributed by atoms with E-state index in [-0.39, 0.29) is 11.8 Å². The maximum absolute atomic E-state index is 12.4. The number of rotatable bonds is 2. The summed E-state index contributed by atoms with van der Waals surface area (Å²) in [5.41, 5.74) is 0. The van der Waals surface area contributed by atoms with Gasteiger partial charge in [0.1, 0.15) is 0 Å². The van der Waals surface area contributed by atoms with Gasteiger partial charge in [0.15, 0.2) is 0 Å². The van der Waals surface area contributed by atoms with E-state index in [0.29, 0.717) is 38.1 Å². The Kier molecular flexibility index (Phi) is 4.98. The highest BCUT2D eigenvalue weighted by Crippen LogP contribution is 2.29. The number of fused-ring (bicyclic) bond motifs is 1. The molecule has 124 valence electrons. The first-order chi connectivity index (χ1) is 10.6. The molecule has 3 heterocycles. The van der Waals surface area contributed by atoms with Crippen molar-refractivity contribution in [3.8, 4) is 0 Å². The van der Waals surface area contributed by atoms with Crippen LogP contribution >= 0.6 is 0 Å². The van der Waals surface area contributed by atoms with E-state index in [4.69, 9.17) is 4.74 Å². The zero-order valence-corrected chi connectivity index (χ0v) is 13.5. The molecule has 0 bridgehead atoms. The Bertz CT molecular complexity index is 423. The van der Waals surface area contributed by atoms with Crippen molar-refractivity contribution in [2.45, 2.75) is 31.7 Å². The van der Waals surface area contributed by atoms with Crippen LogP contribution in [-0.4, -0.2) is 85.5 Å². The fraction of sp³-hybridized carbons (Fsp3) is 0.875. The van der Waals surface area contributed by atoms with Crippen molar-refractivity contribution in [1.82, 2.24) is 14.7 Å². The van der Waals surface area contributed by atoms with Crippen LogP contribution in [-0.2, 0) is 14.3 Å². The molecular formula is C16H27N3O3. The number of nitrogens with zero attached hydrogens (tertiary/aromatic N) is 3. The minimum atomic E-state index is 0.222. The second-order valence-corrected chi connectivity index (χ2v) is 6.74. The van der Waals surface area contributed by atoms with E-state index in [2.05, 4.69) is 4.90 Å². The minimum absolute atomic E-state index is 0.222. The molecule has 2 atom stereocenters. The number of carbonyl (C=O) groups is 2. The van der Waals surface area contributed by atoms with Crippen molar-refractivity contribution < 1.29 is 14.3 Å². The third kappa shape index (κ3) is 3.43. The van der Waals surface area contributed by atoms with Crippen LogP contribution in [0.1, 0.15) is 25.7 Å². The number of piperidine rings is 1. The van der Waals surface area contributed by atoms with Gasteiger partial charge in [-0.25, -0.2) is 0 Å². The smallest absolute Gasteiger partial charge is 0.236 e. The number of hydrogen-bond acceptors (Lipinski definition) is 4. The SMILES string of the molecule is CN1C(=O)CCC[C@@H]2CN(CC(=O)N3CCOCC3)CC[C@H]21. The summed E-state index contributed by atoms with van der Waals surface area (Å²) < 4.78 is 5.30. The van der Waals surface area contributed by atoms with Crippen LogP contribution in [0.25, 0.3) is 0 Å². The lowest BCUT2D eigenvalue weighted by molar-refractivity contribution is -0.138.